The molecule has 2 aliphatic heterocycles. The maximum atomic E-state index is 12.1. The summed E-state index contributed by atoms with van der Waals surface area (Å²) in [5.74, 6) is 1.29. The van der Waals surface area contributed by atoms with Crippen LogP contribution in [0.15, 0.2) is 24.3 Å². The fourth-order valence-corrected chi connectivity index (χ4v) is 5.85. The zero-order valence-corrected chi connectivity index (χ0v) is 15.2. The Morgan fingerprint density at radius 1 is 1.38 bits per heavy atom. The van der Waals surface area contributed by atoms with Gasteiger partial charge in [-0.15, -0.1) is 0 Å². The van der Waals surface area contributed by atoms with Crippen LogP contribution >= 0.6 is 21.6 Å². The van der Waals surface area contributed by atoms with Crippen molar-refractivity contribution in [1.29, 1.82) is 0 Å². The Hall–Kier alpha value is -1.34. The first-order chi connectivity index (χ1) is 11.7. The molecule has 1 aromatic carbocycles. The highest BCUT2D eigenvalue weighted by Gasteiger charge is 2.23. The Labute approximate surface area is 150 Å². The Bertz CT molecular complexity index is 591. The second-order valence-corrected chi connectivity index (χ2v) is 8.73. The number of hydrogen-bond acceptors (Lipinski definition) is 5. The predicted molar refractivity (Wildman–Crippen MR) is 101 cm³/mol. The topological polar surface area (TPSA) is 58.6 Å². The number of carbonyl (C=O) groups is 2. The number of anilines is 2. The van der Waals surface area contributed by atoms with E-state index in [1.165, 1.54) is 18.6 Å². The molecular formula is C17H22N2O3S2. The Morgan fingerprint density at radius 3 is 3.04 bits per heavy atom. The molecule has 0 saturated carbocycles. The summed E-state index contributed by atoms with van der Waals surface area (Å²) in [5.41, 5.74) is 1.48. The van der Waals surface area contributed by atoms with Gasteiger partial charge in [-0.25, -0.2) is 4.79 Å². The molecule has 0 bridgehead atoms. The van der Waals surface area contributed by atoms with E-state index in [4.69, 9.17) is 4.74 Å². The largest absolute Gasteiger partial charge is 0.447 e. The van der Waals surface area contributed by atoms with E-state index in [1.807, 2.05) is 45.9 Å². The van der Waals surface area contributed by atoms with Crippen LogP contribution < -0.4 is 10.2 Å². The van der Waals surface area contributed by atoms with Gasteiger partial charge < -0.3 is 10.1 Å². The van der Waals surface area contributed by atoms with Gasteiger partial charge in [-0.3, -0.25) is 9.69 Å². The third-order valence-corrected chi connectivity index (χ3v) is 7.12. The predicted octanol–water partition coefficient (Wildman–Crippen LogP) is 4.30. The number of hydrogen-bond donors (Lipinski definition) is 1. The van der Waals surface area contributed by atoms with Gasteiger partial charge in [0.1, 0.15) is 6.61 Å². The number of nitrogens with zero attached hydrogens (tertiary/aromatic N) is 1. The number of unbranched alkanes of at least 4 members (excludes halogenated alkanes) is 1. The minimum Gasteiger partial charge on any atom is -0.447 e. The molecule has 1 unspecified atom stereocenters. The van der Waals surface area contributed by atoms with Crippen LogP contribution in [0, 0.1) is 0 Å². The first-order valence-electron chi connectivity index (χ1n) is 8.35. The van der Waals surface area contributed by atoms with Crippen molar-refractivity contribution in [3.05, 3.63) is 24.3 Å². The molecule has 24 heavy (non-hydrogen) atoms. The van der Waals surface area contributed by atoms with E-state index in [0.717, 1.165) is 29.5 Å². The van der Waals surface area contributed by atoms with E-state index in [1.54, 1.807) is 4.90 Å². The molecule has 2 amide bonds. The van der Waals surface area contributed by atoms with Gasteiger partial charge >= 0.3 is 6.09 Å². The molecule has 1 N–H and O–H groups in total. The highest BCUT2D eigenvalue weighted by molar-refractivity contribution is 8.77. The lowest BCUT2D eigenvalue weighted by atomic mass is 10.1. The highest BCUT2D eigenvalue weighted by Crippen LogP contribution is 2.39. The molecule has 2 saturated heterocycles. The molecule has 5 nitrogen and oxygen atoms in total. The lowest BCUT2D eigenvalue weighted by Gasteiger charge is -2.14. The molecule has 1 aromatic rings. The molecule has 2 heterocycles. The number of cyclic esters (lactones) is 1. The van der Waals surface area contributed by atoms with Gasteiger partial charge in [0.2, 0.25) is 5.91 Å². The summed E-state index contributed by atoms with van der Waals surface area (Å²) >= 11 is 0. The van der Waals surface area contributed by atoms with Crippen molar-refractivity contribution in [2.45, 2.75) is 37.4 Å². The number of amides is 2. The molecule has 2 fully saturated rings. The van der Waals surface area contributed by atoms with Crippen LogP contribution in [0.4, 0.5) is 16.2 Å². The normalized spacial score (nSPS) is 20.2. The van der Waals surface area contributed by atoms with Crippen LogP contribution in [-0.2, 0) is 9.53 Å². The fraction of sp³-hybridized carbons (Fsp3) is 0.529. The zero-order valence-electron chi connectivity index (χ0n) is 13.5. The van der Waals surface area contributed by atoms with Crippen LogP contribution in [0.1, 0.15) is 32.1 Å². The van der Waals surface area contributed by atoms with Gasteiger partial charge in [0.05, 0.1) is 6.54 Å². The lowest BCUT2D eigenvalue weighted by molar-refractivity contribution is -0.116. The number of carbonyl (C=O) groups excluding carboxylic acids is 2. The smallest absolute Gasteiger partial charge is 0.414 e. The first-order valence-corrected chi connectivity index (χ1v) is 10.7. The minimum absolute atomic E-state index is 0.0320. The molecule has 0 radical (unpaired) electrons. The molecule has 130 valence electrons. The highest BCUT2D eigenvalue weighted by atomic mass is 33.1. The third-order valence-electron chi connectivity index (χ3n) is 4.11. The van der Waals surface area contributed by atoms with E-state index in [-0.39, 0.29) is 12.0 Å². The average molecular weight is 367 g/mol. The van der Waals surface area contributed by atoms with Crippen molar-refractivity contribution in [3.8, 4) is 0 Å². The monoisotopic (exact) mass is 366 g/mol. The van der Waals surface area contributed by atoms with E-state index in [0.29, 0.717) is 19.6 Å². The Morgan fingerprint density at radius 2 is 2.29 bits per heavy atom. The average Bonchev–Trinajstić information content (AvgIpc) is 3.23. The summed E-state index contributed by atoms with van der Waals surface area (Å²) in [5, 5.41) is 3.70. The van der Waals surface area contributed by atoms with Crippen LogP contribution in [0.25, 0.3) is 0 Å². The van der Waals surface area contributed by atoms with E-state index in [9.17, 15) is 9.59 Å². The molecule has 7 heteroatoms. The maximum absolute atomic E-state index is 12.1. The van der Waals surface area contributed by atoms with E-state index in [2.05, 4.69) is 5.32 Å². The van der Waals surface area contributed by atoms with Gasteiger partial charge in [0.15, 0.2) is 0 Å². The second-order valence-electron chi connectivity index (χ2n) is 5.94. The molecule has 0 aliphatic carbocycles. The van der Waals surface area contributed by atoms with Gasteiger partial charge in [-0.1, -0.05) is 34.1 Å². The van der Waals surface area contributed by atoms with Crippen molar-refractivity contribution >= 4 is 45.0 Å². The number of rotatable bonds is 7. The summed E-state index contributed by atoms with van der Waals surface area (Å²) in [6.07, 6.45) is 4.74. The minimum atomic E-state index is -0.332. The van der Waals surface area contributed by atoms with Gasteiger partial charge in [0.25, 0.3) is 0 Å². The molecule has 1 atom stereocenters. The lowest BCUT2D eigenvalue weighted by Crippen LogP contribution is -2.23. The third kappa shape index (κ3) is 4.83. The summed E-state index contributed by atoms with van der Waals surface area (Å²) in [4.78, 5) is 25.3. The quantitative estimate of drug-likeness (QED) is 0.576. The van der Waals surface area contributed by atoms with Crippen LogP contribution in [0.5, 0.6) is 0 Å². The number of benzene rings is 1. The summed E-state index contributed by atoms with van der Waals surface area (Å²) in [6.45, 7) is 0.959. The summed E-state index contributed by atoms with van der Waals surface area (Å²) in [6, 6.07) is 7.34. The van der Waals surface area contributed by atoms with Crippen molar-refractivity contribution < 1.29 is 14.3 Å². The number of nitrogens with one attached hydrogen (secondary N) is 1. The Kier molecular flexibility index (Phi) is 6.31. The van der Waals surface area contributed by atoms with E-state index < -0.39 is 0 Å². The van der Waals surface area contributed by atoms with Crippen LogP contribution in [-0.4, -0.2) is 36.2 Å². The van der Waals surface area contributed by atoms with Gasteiger partial charge in [-0.2, -0.15) is 0 Å². The SMILES string of the molecule is O=C(CCCCC1CCSS1)Nc1cccc(N2CCOC2=O)c1. The molecule has 3 rings (SSSR count). The first kappa shape index (κ1) is 17.5. The second kappa shape index (κ2) is 8.67. The van der Waals surface area contributed by atoms with Crippen molar-refractivity contribution in [3.63, 3.8) is 0 Å². The van der Waals surface area contributed by atoms with Crippen LogP contribution in [0.3, 0.4) is 0 Å². The maximum Gasteiger partial charge on any atom is 0.414 e. The zero-order chi connectivity index (χ0) is 16.8. The molecule has 0 spiro atoms. The van der Waals surface area contributed by atoms with Gasteiger partial charge in [0, 0.05) is 28.8 Å². The van der Waals surface area contributed by atoms with Gasteiger partial charge in [-0.05, 0) is 37.5 Å². The number of ether oxygens (including phenoxy) is 1. The standard InChI is InChI=1S/C17H22N2O3S2/c20-16(7-2-1-6-15-8-11-23-24-15)18-13-4-3-5-14(12-13)19-9-10-22-17(19)21/h3-5,12,15H,1-2,6-11H2,(H,18,20). The summed E-state index contributed by atoms with van der Waals surface area (Å²) in [7, 11) is 3.95. The Balaban J connectivity index is 1.43. The fourth-order valence-electron chi connectivity index (χ4n) is 2.83. The van der Waals surface area contributed by atoms with Crippen molar-refractivity contribution in [1.82, 2.24) is 0 Å². The molecular weight excluding hydrogens is 344 g/mol. The van der Waals surface area contributed by atoms with Crippen molar-refractivity contribution in [2.75, 3.05) is 29.1 Å². The summed E-state index contributed by atoms with van der Waals surface area (Å²) < 4.78 is 4.94. The van der Waals surface area contributed by atoms with Crippen LogP contribution in [0.2, 0.25) is 0 Å². The molecule has 0 aromatic heterocycles. The molecule has 2 aliphatic rings. The van der Waals surface area contributed by atoms with Crippen molar-refractivity contribution in [2.24, 2.45) is 0 Å². The van der Waals surface area contributed by atoms with E-state index >= 15 is 0 Å².